The van der Waals surface area contributed by atoms with Crippen LogP contribution in [0.5, 0.6) is 0 Å². The molecule has 2 N–H and O–H groups in total. The van der Waals surface area contributed by atoms with Crippen molar-refractivity contribution in [3.05, 3.63) is 90.8 Å². The molecule has 0 atom stereocenters. The molecule has 1 aliphatic rings. The number of hydrogen-bond donors (Lipinski definition) is 2. The molecule has 36 heavy (non-hydrogen) atoms. The monoisotopic (exact) mass is 501 g/mol. The lowest BCUT2D eigenvalue weighted by Gasteiger charge is -2.28. The molecule has 0 unspecified atom stereocenters. The SMILES string of the molecule is Cc1ccc(S(=O)(=O)Nc2ccc(Nc3cc(-c4ccc(N5CCOCC5)cc4)ncn3)cc2)cc1. The van der Waals surface area contributed by atoms with Crippen LogP contribution in [0.25, 0.3) is 11.3 Å². The van der Waals surface area contributed by atoms with Crippen molar-refractivity contribution in [1.29, 1.82) is 0 Å². The second-order valence-corrected chi connectivity index (χ2v) is 10.2. The van der Waals surface area contributed by atoms with E-state index >= 15 is 0 Å². The van der Waals surface area contributed by atoms with Crippen LogP contribution in [0, 0.1) is 6.92 Å². The second-order valence-electron chi connectivity index (χ2n) is 8.56. The number of hydrogen-bond acceptors (Lipinski definition) is 7. The van der Waals surface area contributed by atoms with Gasteiger partial charge in [0.1, 0.15) is 12.1 Å². The Labute approximate surface area is 211 Å². The molecule has 1 aromatic heterocycles. The normalized spacial score (nSPS) is 13.9. The van der Waals surface area contributed by atoms with Crippen molar-refractivity contribution < 1.29 is 13.2 Å². The number of nitrogens with one attached hydrogen (secondary N) is 2. The van der Waals surface area contributed by atoms with E-state index in [2.05, 4.69) is 49.2 Å². The maximum absolute atomic E-state index is 12.6. The molecule has 8 nitrogen and oxygen atoms in total. The maximum Gasteiger partial charge on any atom is 0.261 e. The average Bonchev–Trinajstić information content (AvgIpc) is 2.91. The molecule has 2 heterocycles. The van der Waals surface area contributed by atoms with Crippen molar-refractivity contribution in [2.45, 2.75) is 11.8 Å². The Balaban J connectivity index is 1.25. The largest absolute Gasteiger partial charge is 0.378 e. The summed E-state index contributed by atoms with van der Waals surface area (Å²) in [6.07, 6.45) is 1.53. The number of benzene rings is 3. The predicted octanol–water partition coefficient (Wildman–Crippen LogP) is 4.83. The van der Waals surface area contributed by atoms with Gasteiger partial charge in [-0.3, -0.25) is 4.72 Å². The van der Waals surface area contributed by atoms with E-state index in [1.807, 2.05) is 13.0 Å². The van der Waals surface area contributed by atoms with Crippen LogP contribution >= 0.6 is 0 Å². The van der Waals surface area contributed by atoms with Crippen LogP contribution in [0.15, 0.2) is 90.1 Å². The fraction of sp³-hybridized carbons (Fsp3) is 0.185. The molecular weight excluding hydrogens is 474 g/mol. The first-order valence-corrected chi connectivity index (χ1v) is 13.2. The van der Waals surface area contributed by atoms with Gasteiger partial charge in [-0.05, 0) is 55.5 Å². The van der Waals surface area contributed by atoms with Crippen molar-refractivity contribution in [3.8, 4) is 11.3 Å². The van der Waals surface area contributed by atoms with Gasteiger partial charge in [-0.25, -0.2) is 18.4 Å². The van der Waals surface area contributed by atoms with Gasteiger partial charge >= 0.3 is 0 Å². The van der Waals surface area contributed by atoms with Gasteiger partial charge in [-0.2, -0.15) is 0 Å². The van der Waals surface area contributed by atoms with E-state index in [0.29, 0.717) is 11.5 Å². The molecule has 0 radical (unpaired) electrons. The first kappa shape index (κ1) is 23.8. The standard InChI is InChI=1S/C27H27N5O3S/c1-20-2-12-25(13-3-20)36(33,34)31-23-8-6-22(7-9-23)30-27-18-26(28-19-29-27)21-4-10-24(11-5-21)32-14-16-35-17-15-32/h2-13,18-19,31H,14-17H2,1H3,(H,28,29,30). The van der Waals surface area contributed by atoms with Gasteiger partial charge in [-0.15, -0.1) is 0 Å². The molecule has 0 spiro atoms. The quantitative estimate of drug-likeness (QED) is 0.374. The lowest BCUT2D eigenvalue weighted by molar-refractivity contribution is 0.122. The minimum Gasteiger partial charge on any atom is -0.378 e. The molecule has 0 saturated carbocycles. The average molecular weight is 502 g/mol. The van der Waals surface area contributed by atoms with Crippen LogP contribution in [-0.4, -0.2) is 44.7 Å². The van der Waals surface area contributed by atoms with E-state index in [-0.39, 0.29) is 4.90 Å². The van der Waals surface area contributed by atoms with Crippen molar-refractivity contribution in [1.82, 2.24) is 9.97 Å². The number of aryl methyl sites for hydroxylation is 1. The molecule has 4 aromatic rings. The molecule has 3 aromatic carbocycles. The fourth-order valence-electron chi connectivity index (χ4n) is 3.95. The highest BCUT2D eigenvalue weighted by molar-refractivity contribution is 7.92. The summed E-state index contributed by atoms with van der Waals surface area (Å²) in [7, 11) is -3.65. The number of rotatable bonds is 7. The summed E-state index contributed by atoms with van der Waals surface area (Å²) >= 11 is 0. The summed E-state index contributed by atoms with van der Waals surface area (Å²) in [5, 5.41) is 3.25. The van der Waals surface area contributed by atoms with Gasteiger partial charge in [-0.1, -0.05) is 29.8 Å². The molecule has 5 rings (SSSR count). The minimum absolute atomic E-state index is 0.224. The van der Waals surface area contributed by atoms with E-state index in [1.165, 1.54) is 12.0 Å². The molecular formula is C27H27N5O3S. The summed E-state index contributed by atoms with van der Waals surface area (Å²) < 4.78 is 33.3. The third kappa shape index (κ3) is 5.64. The van der Waals surface area contributed by atoms with Gasteiger partial charge in [0.15, 0.2) is 0 Å². The third-order valence-electron chi connectivity index (χ3n) is 5.95. The summed E-state index contributed by atoms with van der Waals surface area (Å²) in [5.74, 6) is 0.644. The smallest absolute Gasteiger partial charge is 0.261 e. The Morgan fingerprint density at radius 2 is 1.50 bits per heavy atom. The molecule has 0 amide bonds. The Morgan fingerprint density at radius 3 is 2.19 bits per heavy atom. The zero-order valence-electron chi connectivity index (χ0n) is 19.9. The molecule has 0 aliphatic carbocycles. The van der Waals surface area contributed by atoms with Gasteiger partial charge in [0.25, 0.3) is 10.0 Å². The van der Waals surface area contributed by atoms with Crippen LogP contribution in [0.3, 0.4) is 0 Å². The first-order chi connectivity index (χ1) is 17.5. The van der Waals surface area contributed by atoms with Crippen LogP contribution in [-0.2, 0) is 14.8 Å². The third-order valence-corrected chi connectivity index (χ3v) is 7.34. The van der Waals surface area contributed by atoms with E-state index < -0.39 is 10.0 Å². The summed E-state index contributed by atoms with van der Waals surface area (Å²) in [5.41, 5.74) is 5.24. The van der Waals surface area contributed by atoms with Gasteiger partial charge < -0.3 is 15.0 Å². The van der Waals surface area contributed by atoms with Gasteiger partial charge in [0.05, 0.1) is 23.8 Å². The van der Waals surface area contributed by atoms with E-state index in [1.54, 1.807) is 48.5 Å². The van der Waals surface area contributed by atoms with Crippen LogP contribution < -0.4 is 14.9 Å². The van der Waals surface area contributed by atoms with Gasteiger partial charge in [0.2, 0.25) is 0 Å². The topological polar surface area (TPSA) is 96.5 Å². The van der Waals surface area contributed by atoms with Crippen molar-refractivity contribution in [3.63, 3.8) is 0 Å². The summed E-state index contributed by atoms with van der Waals surface area (Å²) in [4.78, 5) is 11.3. The molecule has 1 aliphatic heterocycles. The number of sulfonamides is 1. The summed E-state index contributed by atoms with van der Waals surface area (Å²) in [6, 6.07) is 24.0. The van der Waals surface area contributed by atoms with Crippen molar-refractivity contribution >= 4 is 32.9 Å². The van der Waals surface area contributed by atoms with E-state index in [9.17, 15) is 8.42 Å². The molecule has 0 bridgehead atoms. The number of morpholine rings is 1. The Bertz CT molecular complexity index is 1420. The molecule has 1 saturated heterocycles. The van der Waals surface area contributed by atoms with Crippen LogP contribution in [0.2, 0.25) is 0 Å². The van der Waals surface area contributed by atoms with Gasteiger partial charge in [0, 0.05) is 41.8 Å². The first-order valence-electron chi connectivity index (χ1n) is 11.7. The second kappa shape index (κ2) is 10.3. The van der Waals surface area contributed by atoms with E-state index in [4.69, 9.17) is 4.74 Å². The molecule has 9 heteroatoms. The van der Waals surface area contributed by atoms with Crippen LogP contribution in [0.1, 0.15) is 5.56 Å². The summed E-state index contributed by atoms with van der Waals surface area (Å²) in [6.45, 7) is 5.21. The zero-order chi connectivity index (χ0) is 25.0. The minimum atomic E-state index is -3.65. The predicted molar refractivity (Wildman–Crippen MR) is 142 cm³/mol. The Kier molecular flexibility index (Phi) is 6.84. The molecule has 184 valence electrons. The lowest BCUT2D eigenvalue weighted by Crippen LogP contribution is -2.36. The van der Waals surface area contributed by atoms with Crippen LogP contribution in [0.4, 0.5) is 22.9 Å². The highest BCUT2D eigenvalue weighted by atomic mass is 32.2. The maximum atomic E-state index is 12.6. The number of nitrogens with zero attached hydrogens (tertiary/aromatic N) is 3. The zero-order valence-corrected chi connectivity index (χ0v) is 20.7. The van der Waals surface area contributed by atoms with E-state index in [0.717, 1.165) is 48.8 Å². The lowest BCUT2D eigenvalue weighted by atomic mass is 10.1. The number of anilines is 4. The Morgan fingerprint density at radius 1 is 0.833 bits per heavy atom. The highest BCUT2D eigenvalue weighted by Crippen LogP contribution is 2.25. The number of ether oxygens (including phenoxy) is 1. The highest BCUT2D eigenvalue weighted by Gasteiger charge is 2.14. The Hall–Kier alpha value is -3.95. The van der Waals surface area contributed by atoms with Crippen molar-refractivity contribution in [2.24, 2.45) is 0 Å². The van der Waals surface area contributed by atoms with Crippen molar-refractivity contribution in [2.75, 3.05) is 41.2 Å². The number of aromatic nitrogens is 2. The molecule has 1 fully saturated rings. The fourth-order valence-corrected chi connectivity index (χ4v) is 5.01.